The number of anilines is 1. The number of imidazole rings is 1. The molecule has 1 atom stereocenters. The SMILES string of the molecule is Cc1ccc(C(=O)NCC(c2sccc2C)N(C)C)cc1NC(=O)c1cnc[nH]1.O=CO. The Labute approximate surface area is 190 Å². The van der Waals surface area contributed by atoms with E-state index in [1.165, 1.54) is 23.0 Å². The van der Waals surface area contributed by atoms with E-state index in [1.54, 1.807) is 23.5 Å². The fraction of sp³-hybridized carbons (Fsp3) is 0.273. The fourth-order valence-corrected chi connectivity index (χ4v) is 4.12. The van der Waals surface area contributed by atoms with Crippen LogP contribution in [0, 0.1) is 13.8 Å². The van der Waals surface area contributed by atoms with Crippen molar-refractivity contribution in [1.29, 1.82) is 0 Å². The van der Waals surface area contributed by atoms with Crippen LogP contribution in [0.4, 0.5) is 5.69 Å². The molecule has 2 amide bonds. The largest absolute Gasteiger partial charge is 0.483 e. The molecule has 1 unspecified atom stereocenters. The van der Waals surface area contributed by atoms with E-state index >= 15 is 0 Å². The second-order valence-electron chi connectivity index (χ2n) is 7.21. The third-order valence-electron chi connectivity index (χ3n) is 4.77. The second kappa shape index (κ2) is 11.8. The van der Waals surface area contributed by atoms with Gasteiger partial charge < -0.3 is 25.6 Å². The van der Waals surface area contributed by atoms with Crippen LogP contribution in [0.25, 0.3) is 0 Å². The molecule has 4 N–H and O–H groups in total. The Bertz CT molecular complexity index is 1050. The molecule has 3 aromatic rings. The molecule has 1 aromatic carbocycles. The van der Waals surface area contributed by atoms with Crippen molar-refractivity contribution in [3.8, 4) is 0 Å². The molecule has 0 bridgehead atoms. The van der Waals surface area contributed by atoms with Gasteiger partial charge in [0.25, 0.3) is 18.3 Å². The van der Waals surface area contributed by atoms with Crippen molar-refractivity contribution in [3.05, 3.63) is 69.4 Å². The molecule has 0 aliphatic carbocycles. The van der Waals surface area contributed by atoms with Crippen LogP contribution in [-0.2, 0) is 4.79 Å². The lowest BCUT2D eigenvalue weighted by atomic mass is 10.1. The topological polar surface area (TPSA) is 127 Å². The Morgan fingerprint density at radius 3 is 2.50 bits per heavy atom. The van der Waals surface area contributed by atoms with Gasteiger partial charge in [-0.1, -0.05) is 6.07 Å². The first-order valence-corrected chi connectivity index (χ1v) is 10.6. The normalized spacial score (nSPS) is 11.3. The van der Waals surface area contributed by atoms with Gasteiger partial charge in [-0.2, -0.15) is 0 Å². The molecule has 0 fully saturated rings. The summed E-state index contributed by atoms with van der Waals surface area (Å²) in [5.41, 5.74) is 3.54. The number of H-pyrrole nitrogens is 1. The highest BCUT2D eigenvalue weighted by Crippen LogP contribution is 2.27. The predicted molar refractivity (Wildman–Crippen MR) is 124 cm³/mol. The van der Waals surface area contributed by atoms with E-state index in [-0.39, 0.29) is 24.3 Å². The molecule has 9 nitrogen and oxygen atoms in total. The third-order valence-corrected chi connectivity index (χ3v) is 5.89. The maximum absolute atomic E-state index is 12.7. The number of carbonyl (C=O) groups excluding carboxylic acids is 2. The van der Waals surface area contributed by atoms with Gasteiger partial charge in [0.1, 0.15) is 5.69 Å². The van der Waals surface area contributed by atoms with Gasteiger partial charge in [0, 0.05) is 22.7 Å². The molecule has 0 aliphatic heterocycles. The molecule has 2 aromatic heterocycles. The Morgan fingerprint density at radius 2 is 1.94 bits per heavy atom. The van der Waals surface area contributed by atoms with Crippen molar-refractivity contribution < 1.29 is 19.5 Å². The highest BCUT2D eigenvalue weighted by molar-refractivity contribution is 7.10. The Kier molecular flexibility index (Phi) is 9.11. The third kappa shape index (κ3) is 6.50. The molecule has 0 aliphatic rings. The highest BCUT2D eigenvalue weighted by atomic mass is 32.1. The predicted octanol–water partition coefficient (Wildman–Crippen LogP) is 3.07. The molecule has 170 valence electrons. The molecular formula is C22H27N5O4S. The van der Waals surface area contributed by atoms with E-state index < -0.39 is 0 Å². The number of thiophene rings is 1. The van der Waals surface area contributed by atoms with Crippen molar-refractivity contribution in [2.75, 3.05) is 26.0 Å². The number of likely N-dealkylation sites (N-methyl/N-ethyl adjacent to an activating group) is 1. The summed E-state index contributed by atoms with van der Waals surface area (Å²) in [6, 6.07) is 7.47. The fourth-order valence-electron chi connectivity index (χ4n) is 2.99. The maximum atomic E-state index is 12.7. The monoisotopic (exact) mass is 457 g/mol. The van der Waals surface area contributed by atoms with Gasteiger partial charge in [-0.25, -0.2) is 4.98 Å². The Balaban J connectivity index is 0.00000114. The van der Waals surface area contributed by atoms with E-state index in [4.69, 9.17) is 9.90 Å². The summed E-state index contributed by atoms with van der Waals surface area (Å²) in [6.45, 7) is 4.21. The zero-order chi connectivity index (χ0) is 23.7. The number of amides is 2. The van der Waals surface area contributed by atoms with Gasteiger partial charge in [0.15, 0.2) is 0 Å². The molecule has 10 heteroatoms. The van der Waals surface area contributed by atoms with Crippen molar-refractivity contribution >= 4 is 35.3 Å². The molecular weight excluding hydrogens is 430 g/mol. The van der Waals surface area contributed by atoms with Crippen LogP contribution in [0.1, 0.15) is 42.9 Å². The van der Waals surface area contributed by atoms with Crippen LogP contribution in [0.5, 0.6) is 0 Å². The van der Waals surface area contributed by atoms with Crippen molar-refractivity contribution in [1.82, 2.24) is 20.2 Å². The maximum Gasteiger partial charge on any atom is 0.290 e. The molecule has 0 spiro atoms. The standard InChI is InChI=1S/C21H25N5O2S.CH2O2/c1-13-5-6-15(9-16(13)25-21(28)17-10-22-12-24-17)20(27)23-11-18(26(3)4)19-14(2)7-8-29-19;2-1-3/h5-10,12,18H,11H2,1-4H3,(H,22,24)(H,23,27)(H,25,28);1H,(H,2,3). The van der Waals surface area contributed by atoms with E-state index in [9.17, 15) is 9.59 Å². The van der Waals surface area contributed by atoms with Gasteiger partial charge in [0.2, 0.25) is 0 Å². The summed E-state index contributed by atoms with van der Waals surface area (Å²) in [5, 5.41) is 14.8. The minimum Gasteiger partial charge on any atom is -0.483 e. The van der Waals surface area contributed by atoms with E-state index in [0.717, 1.165) is 5.56 Å². The Morgan fingerprint density at radius 1 is 1.22 bits per heavy atom. The lowest BCUT2D eigenvalue weighted by Crippen LogP contribution is -2.34. The number of hydrogen-bond acceptors (Lipinski definition) is 6. The number of aryl methyl sites for hydroxylation is 2. The molecule has 0 saturated heterocycles. The average Bonchev–Trinajstić information content (AvgIpc) is 3.42. The van der Waals surface area contributed by atoms with Gasteiger partial charge >= 0.3 is 0 Å². The minimum absolute atomic E-state index is 0.101. The first-order chi connectivity index (χ1) is 15.3. The van der Waals surface area contributed by atoms with Gasteiger partial charge in [0.05, 0.1) is 18.6 Å². The van der Waals surface area contributed by atoms with Crippen LogP contribution in [0.3, 0.4) is 0 Å². The van der Waals surface area contributed by atoms with Crippen LogP contribution in [0.15, 0.2) is 42.2 Å². The van der Waals surface area contributed by atoms with Crippen molar-refractivity contribution in [3.63, 3.8) is 0 Å². The van der Waals surface area contributed by atoms with Gasteiger partial charge in [-0.05, 0) is 62.6 Å². The summed E-state index contributed by atoms with van der Waals surface area (Å²) in [7, 11) is 4.01. The van der Waals surface area contributed by atoms with Crippen LogP contribution in [-0.4, -0.2) is 58.9 Å². The first-order valence-electron chi connectivity index (χ1n) is 9.75. The summed E-state index contributed by atoms with van der Waals surface area (Å²) in [4.78, 5) is 43.3. The molecule has 3 rings (SSSR count). The van der Waals surface area contributed by atoms with E-state index in [0.29, 0.717) is 23.5 Å². The second-order valence-corrected chi connectivity index (χ2v) is 8.16. The average molecular weight is 458 g/mol. The quantitative estimate of drug-likeness (QED) is 0.404. The highest BCUT2D eigenvalue weighted by Gasteiger charge is 2.19. The zero-order valence-corrected chi connectivity index (χ0v) is 19.2. The van der Waals surface area contributed by atoms with Crippen molar-refractivity contribution in [2.45, 2.75) is 19.9 Å². The van der Waals surface area contributed by atoms with Crippen LogP contribution < -0.4 is 10.6 Å². The number of nitrogens with zero attached hydrogens (tertiary/aromatic N) is 2. The number of hydrogen-bond donors (Lipinski definition) is 4. The minimum atomic E-state index is -0.302. The van der Waals surface area contributed by atoms with E-state index in [1.807, 2.05) is 27.1 Å². The number of carbonyl (C=O) groups is 3. The summed E-state index contributed by atoms with van der Waals surface area (Å²) in [6.07, 6.45) is 2.90. The van der Waals surface area contributed by atoms with E-state index in [2.05, 4.69) is 43.9 Å². The number of carboxylic acid groups (broad SMARTS) is 1. The number of aromatic amines is 1. The summed E-state index contributed by atoms with van der Waals surface area (Å²) >= 11 is 1.69. The molecule has 2 heterocycles. The Hall–Kier alpha value is -3.50. The molecule has 0 saturated carbocycles. The van der Waals surface area contributed by atoms with Gasteiger partial charge in [-0.15, -0.1) is 11.3 Å². The van der Waals surface area contributed by atoms with Crippen molar-refractivity contribution in [2.24, 2.45) is 0 Å². The summed E-state index contributed by atoms with van der Waals surface area (Å²) < 4.78 is 0. The number of aromatic nitrogens is 2. The van der Waals surface area contributed by atoms with Crippen LogP contribution >= 0.6 is 11.3 Å². The lowest BCUT2D eigenvalue weighted by molar-refractivity contribution is -0.122. The zero-order valence-electron chi connectivity index (χ0n) is 18.4. The number of benzene rings is 1. The molecule has 0 radical (unpaired) electrons. The number of rotatable bonds is 7. The number of nitrogens with one attached hydrogen (secondary N) is 3. The van der Waals surface area contributed by atoms with Gasteiger partial charge in [-0.3, -0.25) is 14.4 Å². The molecule has 32 heavy (non-hydrogen) atoms. The summed E-state index contributed by atoms with van der Waals surface area (Å²) in [5.74, 6) is -0.480. The smallest absolute Gasteiger partial charge is 0.290 e. The first kappa shape index (κ1) is 24.8. The van der Waals surface area contributed by atoms with Crippen LogP contribution in [0.2, 0.25) is 0 Å². The lowest BCUT2D eigenvalue weighted by Gasteiger charge is -2.24.